The largest absolute Gasteiger partial charge is 0.231 e. The normalized spacial score (nSPS) is 10.9. The van der Waals surface area contributed by atoms with E-state index < -0.39 is 0 Å². The summed E-state index contributed by atoms with van der Waals surface area (Å²) in [6.45, 7) is 0. The van der Waals surface area contributed by atoms with Crippen LogP contribution in [0.15, 0.2) is 78.9 Å². The number of hydrogen-bond acceptors (Lipinski definition) is 1. The summed E-state index contributed by atoms with van der Waals surface area (Å²) in [7, 11) is 0. The van der Waals surface area contributed by atoms with E-state index in [1.165, 1.54) is 0 Å². The van der Waals surface area contributed by atoms with Gasteiger partial charge in [0.15, 0.2) is 0 Å². The number of aromatic nitrogens is 2. The molecule has 0 bridgehead atoms. The van der Waals surface area contributed by atoms with E-state index in [0.29, 0.717) is 15.1 Å². The minimum atomic E-state index is 0.633. The lowest BCUT2D eigenvalue weighted by atomic mass is 10.1. The molecule has 4 rings (SSSR count). The molecule has 0 radical (unpaired) electrons. The van der Waals surface area contributed by atoms with Gasteiger partial charge in [-0.15, -0.1) is 0 Å². The summed E-state index contributed by atoms with van der Waals surface area (Å²) in [6, 6.07) is 25.0. The fourth-order valence-electron chi connectivity index (χ4n) is 2.78. The number of nitrogens with zero attached hydrogens (tertiary/aromatic N) is 2. The van der Waals surface area contributed by atoms with Crippen LogP contribution < -0.4 is 0 Å². The van der Waals surface area contributed by atoms with Gasteiger partial charge in [0.25, 0.3) is 0 Å². The summed E-state index contributed by atoms with van der Waals surface area (Å²) in [6.07, 6.45) is 0. The molecule has 26 heavy (non-hydrogen) atoms. The topological polar surface area (TPSA) is 17.8 Å². The zero-order chi connectivity index (χ0) is 18.1. The van der Waals surface area contributed by atoms with Crippen LogP contribution in [0.1, 0.15) is 0 Å². The Labute approximate surface area is 166 Å². The van der Waals surface area contributed by atoms with E-state index in [0.717, 1.165) is 28.2 Å². The predicted octanol–water partition coefficient (Wildman–Crippen LogP) is 7.17. The zero-order valence-corrected chi connectivity index (χ0v) is 15.8. The summed E-state index contributed by atoms with van der Waals surface area (Å²) in [5, 5.41) is 6.81. The van der Waals surface area contributed by atoms with Crippen LogP contribution >= 0.6 is 34.8 Å². The molecular weight excluding hydrogens is 387 g/mol. The maximum Gasteiger partial charge on any atom is 0.0934 e. The highest BCUT2D eigenvalue weighted by atomic mass is 35.5. The van der Waals surface area contributed by atoms with Gasteiger partial charge in [0, 0.05) is 21.2 Å². The van der Waals surface area contributed by atoms with Gasteiger partial charge in [-0.2, -0.15) is 5.10 Å². The molecule has 2 nitrogen and oxygen atoms in total. The molecule has 0 atom stereocenters. The average Bonchev–Trinajstić information content (AvgIpc) is 3.08. The molecule has 0 fully saturated rings. The predicted molar refractivity (Wildman–Crippen MR) is 109 cm³/mol. The first kappa shape index (κ1) is 17.2. The Morgan fingerprint density at radius 2 is 1.23 bits per heavy atom. The van der Waals surface area contributed by atoms with Crippen molar-refractivity contribution in [3.8, 4) is 28.2 Å². The molecule has 0 aliphatic heterocycles. The van der Waals surface area contributed by atoms with Gasteiger partial charge < -0.3 is 0 Å². The molecule has 5 heteroatoms. The molecule has 4 aromatic rings. The Bertz CT molecular complexity index is 1050. The molecule has 3 aromatic carbocycles. The van der Waals surface area contributed by atoms with E-state index in [9.17, 15) is 0 Å². The zero-order valence-electron chi connectivity index (χ0n) is 13.5. The SMILES string of the molecule is Clc1ccc(-c2cc(-c3ccc(Cl)cc3)n(-c3ccccc3Cl)n2)cc1. The van der Waals surface area contributed by atoms with Crippen molar-refractivity contribution in [2.75, 3.05) is 0 Å². The molecule has 128 valence electrons. The lowest BCUT2D eigenvalue weighted by Crippen LogP contribution is -2.00. The molecule has 1 aromatic heterocycles. The summed E-state index contributed by atoms with van der Waals surface area (Å²) < 4.78 is 1.86. The molecule has 1 heterocycles. The van der Waals surface area contributed by atoms with Crippen LogP contribution in [0.5, 0.6) is 0 Å². The van der Waals surface area contributed by atoms with Gasteiger partial charge in [-0.25, -0.2) is 4.68 Å². The third-order valence-corrected chi connectivity index (χ3v) is 4.89. The molecule has 0 unspecified atom stereocenters. The van der Waals surface area contributed by atoms with Crippen molar-refractivity contribution >= 4 is 34.8 Å². The fraction of sp³-hybridized carbons (Fsp3) is 0. The number of hydrogen-bond donors (Lipinski definition) is 0. The van der Waals surface area contributed by atoms with Gasteiger partial charge in [0.2, 0.25) is 0 Å². The first-order valence-electron chi connectivity index (χ1n) is 7.99. The van der Waals surface area contributed by atoms with E-state index in [1.807, 2.05) is 83.5 Å². The van der Waals surface area contributed by atoms with Crippen LogP contribution in [0.4, 0.5) is 0 Å². The van der Waals surface area contributed by atoms with E-state index >= 15 is 0 Å². The lowest BCUT2D eigenvalue weighted by Gasteiger charge is -2.09. The Balaban J connectivity index is 1.92. The molecule has 0 saturated heterocycles. The number of rotatable bonds is 3. The van der Waals surface area contributed by atoms with E-state index in [2.05, 4.69) is 0 Å². The van der Waals surface area contributed by atoms with Crippen molar-refractivity contribution in [2.45, 2.75) is 0 Å². The highest BCUT2D eigenvalue weighted by molar-refractivity contribution is 6.32. The highest BCUT2D eigenvalue weighted by Crippen LogP contribution is 2.32. The van der Waals surface area contributed by atoms with Crippen LogP contribution in [0.2, 0.25) is 15.1 Å². The Morgan fingerprint density at radius 3 is 1.85 bits per heavy atom. The Kier molecular flexibility index (Phi) is 4.73. The third kappa shape index (κ3) is 3.36. The highest BCUT2D eigenvalue weighted by Gasteiger charge is 2.15. The second-order valence-corrected chi connectivity index (χ2v) is 7.07. The van der Waals surface area contributed by atoms with Gasteiger partial charge in [-0.1, -0.05) is 71.2 Å². The van der Waals surface area contributed by atoms with Crippen molar-refractivity contribution in [3.05, 3.63) is 93.9 Å². The number of benzene rings is 3. The molecule has 0 spiro atoms. The van der Waals surface area contributed by atoms with Crippen molar-refractivity contribution in [1.82, 2.24) is 9.78 Å². The summed E-state index contributed by atoms with van der Waals surface area (Å²) in [5.74, 6) is 0. The maximum atomic E-state index is 6.42. The van der Waals surface area contributed by atoms with Gasteiger partial charge >= 0.3 is 0 Å². The molecule has 0 saturated carbocycles. The van der Waals surface area contributed by atoms with E-state index in [4.69, 9.17) is 39.9 Å². The Hall–Kier alpha value is -2.26. The van der Waals surface area contributed by atoms with Crippen molar-refractivity contribution in [3.63, 3.8) is 0 Å². The minimum absolute atomic E-state index is 0.633. The minimum Gasteiger partial charge on any atom is -0.231 e. The van der Waals surface area contributed by atoms with Gasteiger partial charge in [0.05, 0.1) is 22.1 Å². The molecule has 0 aliphatic carbocycles. The van der Waals surface area contributed by atoms with E-state index in [1.54, 1.807) is 0 Å². The first-order valence-corrected chi connectivity index (χ1v) is 9.12. The monoisotopic (exact) mass is 398 g/mol. The maximum absolute atomic E-state index is 6.42. The van der Waals surface area contributed by atoms with Crippen LogP contribution in [-0.4, -0.2) is 9.78 Å². The summed E-state index contributed by atoms with van der Waals surface area (Å²) in [5.41, 5.74) is 4.57. The fourth-order valence-corrected chi connectivity index (χ4v) is 3.24. The second kappa shape index (κ2) is 7.16. The van der Waals surface area contributed by atoms with Crippen LogP contribution in [0, 0.1) is 0 Å². The first-order chi connectivity index (χ1) is 12.6. The van der Waals surface area contributed by atoms with Crippen molar-refractivity contribution in [2.24, 2.45) is 0 Å². The average molecular weight is 400 g/mol. The lowest BCUT2D eigenvalue weighted by molar-refractivity contribution is 0.892. The van der Waals surface area contributed by atoms with E-state index in [-0.39, 0.29) is 0 Å². The summed E-state index contributed by atoms with van der Waals surface area (Å²) >= 11 is 18.5. The van der Waals surface area contributed by atoms with Gasteiger partial charge in [-0.05, 0) is 42.5 Å². The number of para-hydroxylation sites is 1. The Morgan fingerprint density at radius 1 is 0.654 bits per heavy atom. The molecular formula is C21H13Cl3N2. The quantitative estimate of drug-likeness (QED) is 0.357. The van der Waals surface area contributed by atoms with Gasteiger partial charge in [-0.3, -0.25) is 0 Å². The van der Waals surface area contributed by atoms with Crippen LogP contribution in [0.3, 0.4) is 0 Å². The second-order valence-electron chi connectivity index (χ2n) is 5.79. The molecule has 0 aliphatic rings. The number of halogens is 3. The molecule has 0 N–H and O–H groups in total. The van der Waals surface area contributed by atoms with Gasteiger partial charge in [0.1, 0.15) is 0 Å². The van der Waals surface area contributed by atoms with Crippen LogP contribution in [0.25, 0.3) is 28.2 Å². The third-order valence-electron chi connectivity index (χ3n) is 4.07. The summed E-state index contributed by atoms with van der Waals surface area (Å²) in [4.78, 5) is 0. The van der Waals surface area contributed by atoms with Crippen LogP contribution in [-0.2, 0) is 0 Å². The molecule has 0 amide bonds. The standard InChI is InChI=1S/C21H13Cl3N2/c22-16-9-5-14(6-10-16)19-13-21(15-7-11-17(23)12-8-15)26(25-19)20-4-2-1-3-18(20)24/h1-13H. The smallest absolute Gasteiger partial charge is 0.0934 e. The van der Waals surface area contributed by atoms with Crippen molar-refractivity contribution in [1.29, 1.82) is 0 Å². The van der Waals surface area contributed by atoms with Crippen molar-refractivity contribution < 1.29 is 0 Å².